The smallest absolute Gasteiger partial charge is 0.406 e. The molecule has 0 unspecified atom stereocenters. The van der Waals surface area contributed by atoms with Crippen LogP contribution < -0.4 is 10.1 Å². The summed E-state index contributed by atoms with van der Waals surface area (Å²) in [5, 5.41) is 6.96. The normalized spacial score (nSPS) is 12.1. The molecule has 1 N–H and O–H groups in total. The standard InChI is InChI=1S/C22H14F6N4O2/c23-21(24,25)12-32-11-14(10-30-32)16-8-9-29-19-17(16)2-1-3-18(19)31-20(33)13-4-6-15(7-5-13)34-22(26,27)28/h1-11H,12H2,(H,31,33). The fraction of sp³-hybridized carbons (Fsp3) is 0.136. The Morgan fingerprint density at radius 3 is 2.41 bits per heavy atom. The van der Waals surface area contributed by atoms with Crippen LogP contribution in [0.4, 0.5) is 32.0 Å². The quantitative estimate of drug-likeness (QED) is 0.366. The van der Waals surface area contributed by atoms with Crippen molar-refractivity contribution in [3.8, 4) is 16.9 Å². The molecule has 0 aliphatic heterocycles. The van der Waals surface area contributed by atoms with Crippen LogP contribution in [-0.4, -0.2) is 33.2 Å². The van der Waals surface area contributed by atoms with Crippen molar-refractivity contribution in [1.82, 2.24) is 14.8 Å². The van der Waals surface area contributed by atoms with Gasteiger partial charge in [0.15, 0.2) is 0 Å². The van der Waals surface area contributed by atoms with Gasteiger partial charge in [0, 0.05) is 28.9 Å². The van der Waals surface area contributed by atoms with Crippen molar-refractivity contribution in [2.75, 3.05) is 5.32 Å². The van der Waals surface area contributed by atoms with Crippen LogP contribution in [0.2, 0.25) is 0 Å². The van der Waals surface area contributed by atoms with Crippen molar-refractivity contribution in [3.05, 3.63) is 72.7 Å². The van der Waals surface area contributed by atoms with Crippen LogP contribution in [0.1, 0.15) is 10.4 Å². The van der Waals surface area contributed by atoms with Gasteiger partial charge < -0.3 is 10.1 Å². The zero-order chi connectivity index (χ0) is 24.5. The van der Waals surface area contributed by atoms with Gasteiger partial charge >= 0.3 is 12.5 Å². The van der Waals surface area contributed by atoms with E-state index in [4.69, 9.17) is 0 Å². The first-order valence-electron chi connectivity index (χ1n) is 9.63. The van der Waals surface area contributed by atoms with E-state index in [1.165, 1.54) is 30.7 Å². The Hall–Kier alpha value is -4.09. The number of halogens is 6. The maximum absolute atomic E-state index is 12.6. The molecule has 0 spiro atoms. The van der Waals surface area contributed by atoms with E-state index in [2.05, 4.69) is 20.1 Å². The Kier molecular flexibility index (Phi) is 5.90. The van der Waals surface area contributed by atoms with Gasteiger partial charge in [-0.2, -0.15) is 18.3 Å². The van der Waals surface area contributed by atoms with Crippen LogP contribution in [-0.2, 0) is 6.54 Å². The lowest BCUT2D eigenvalue weighted by atomic mass is 10.0. The highest BCUT2D eigenvalue weighted by Crippen LogP contribution is 2.31. The van der Waals surface area contributed by atoms with E-state index in [1.807, 2.05) is 0 Å². The van der Waals surface area contributed by atoms with E-state index < -0.39 is 30.7 Å². The van der Waals surface area contributed by atoms with Gasteiger partial charge in [-0.15, -0.1) is 13.2 Å². The number of nitrogens with one attached hydrogen (secondary N) is 1. The highest BCUT2D eigenvalue weighted by Gasteiger charge is 2.31. The van der Waals surface area contributed by atoms with Crippen LogP contribution in [0.25, 0.3) is 22.0 Å². The minimum atomic E-state index is -4.85. The minimum Gasteiger partial charge on any atom is -0.406 e. The SMILES string of the molecule is O=C(Nc1cccc2c(-c3cnn(CC(F)(F)F)c3)ccnc12)c1ccc(OC(F)(F)F)cc1. The number of benzene rings is 2. The number of nitrogens with zero attached hydrogens (tertiary/aromatic N) is 3. The van der Waals surface area contributed by atoms with Crippen molar-refractivity contribution in [3.63, 3.8) is 0 Å². The lowest BCUT2D eigenvalue weighted by molar-refractivity contribution is -0.274. The van der Waals surface area contributed by atoms with Gasteiger partial charge in [-0.1, -0.05) is 12.1 Å². The number of aromatic nitrogens is 3. The van der Waals surface area contributed by atoms with Crippen LogP contribution in [0.15, 0.2) is 67.1 Å². The molecule has 0 atom stereocenters. The Balaban J connectivity index is 1.59. The fourth-order valence-electron chi connectivity index (χ4n) is 3.30. The number of anilines is 1. The zero-order valence-electron chi connectivity index (χ0n) is 17.0. The van der Waals surface area contributed by atoms with Gasteiger partial charge in [-0.25, -0.2) is 0 Å². The second kappa shape index (κ2) is 8.69. The van der Waals surface area contributed by atoms with E-state index in [0.717, 1.165) is 16.8 Å². The molecule has 0 saturated carbocycles. The average Bonchev–Trinajstić information content (AvgIpc) is 3.19. The van der Waals surface area contributed by atoms with Gasteiger partial charge in [0.2, 0.25) is 0 Å². The Morgan fingerprint density at radius 2 is 1.74 bits per heavy atom. The number of amides is 1. The minimum absolute atomic E-state index is 0.0797. The summed E-state index contributed by atoms with van der Waals surface area (Å²) in [5.74, 6) is -1.07. The summed E-state index contributed by atoms with van der Waals surface area (Å²) in [6.07, 6.45) is -5.26. The summed E-state index contributed by atoms with van der Waals surface area (Å²) >= 11 is 0. The Labute approximate surface area is 187 Å². The van der Waals surface area contributed by atoms with Gasteiger partial charge in [0.1, 0.15) is 12.3 Å². The summed E-state index contributed by atoms with van der Waals surface area (Å²) in [5.41, 5.74) is 1.75. The number of carbonyl (C=O) groups excluding carboxylic acids is 1. The van der Waals surface area contributed by atoms with E-state index in [9.17, 15) is 31.1 Å². The number of pyridine rings is 1. The van der Waals surface area contributed by atoms with Crippen LogP contribution in [0.3, 0.4) is 0 Å². The van der Waals surface area contributed by atoms with E-state index in [1.54, 1.807) is 24.3 Å². The average molecular weight is 480 g/mol. The molecule has 0 fully saturated rings. The number of para-hydroxylation sites is 1. The maximum Gasteiger partial charge on any atom is 0.573 e. The molecule has 0 bridgehead atoms. The predicted octanol–water partition coefficient (Wildman–Crippen LogP) is 5.81. The number of alkyl halides is 6. The summed E-state index contributed by atoms with van der Waals surface area (Å²) < 4.78 is 79.4. The van der Waals surface area contributed by atoms with Crippen LogP contribution in [0, 0.1) is 0 Å². The molecule has 4 rings (SSSR count). The molecule has 176 valence electrons. The number of hydrogen-bond donors (Lipinski definition) is 1. The number of ether oxygens (including phenoxy) is 1. The summed E-state index contributed by atoms with van der Waals surface area (Å²) in [7, 11) is 0. The van der Waals surface area contributed by atoms with Crippen molar-refractivity contribution in [2.45, 2.75) is 19.1 Å². The molecule has 2 aromatic heterocycles. The molecule has 6 nitrogen and oxygen atoms in total. The van der Waals surface area contributed by atoms with Crippen molar-refractivity contribution in [2.24, 2.45) is 0 Å². The fourth-order valence-corrected chi connectivity index (χ4v) is 3.30. The number of fused-ring (bicyclic) bond motifs is 1. The molecule has 2 aromatic carbocycles. The van der Waals surface area contributed by atoms with Gasteiger partial charge in [-0.05, 0) is 42.0 Å². The monoisotopic (exact) mass is 480 g/mol. The zero-order valence-corrected chi connectivity index (χ0v) is 17.0. The first kappa shape index (κ1) is 23.1. The molecule has 34 heavy (non-hydrogen) atoms. The maximum atomic E-state index is 12.6. The second-order valence-corrected chi connectivity index (χ2v) is 7.13. The van der Waals surface area contributed by atoms with Gasteiger partial charge in [0.25, 0.3) is 5.91 Å². The van der Waals surface area contributed by atoms with Crippen molar-refractivity contribution < 1.29 is 35.9 Å². The van der Waals surface area contributed by atoms with Gasteiger partial charge in [-0.3, -0.25) is 14.5 Å². The predicted molar refractivity (Wildman–Crippen MR) is 110 cm³/mol. The van der Waals surface area contributed by atoms with Gasteiger partial charge in [0.05, 0.1) is 17.4 Å². The van der Waals surface area contributed by atoms with Crippen LogP contribution >= 0.6 is 0 Å². The second-order valence-electron chi connectivity index (χ2n) is 7.13. The molecule has 0 aliphatic rings. The van der Waals surface area contributed by atoms with E-state index >= 15 is 0 Å². The van der Waals surface area contributed by atoms with E-state index in [-0.39, 0.29) is 5.56 Å². The number of hydrogen-bond acceptors (Lipinski definition) is 4. The number of carbonyl (C=O) groups is 1. The molecular formula is C22H14F6N4O2. The molecule has 12 heteroatoms. The molecule has 0 saturated heterocycles. The van der Waals surface area contributed by atoms with Crippen LogP contribution in [0.5, 0.6) is 5.75 Å². The lowest BCUT2D eigenvalue weighted by Crippen LogP contribution is -2.17. The topological polar surface area (TPSA) is 69.0 Å². The van der Waals surface area contributed by atoms with Crippen molar-refractivity contribution >= 4 is 22.5 Å². The highest BCUT2D eigenvalue weighted by atomic mass is 19.4. The Bertz CT molecular complexity index is 1330. The third-order valence-electron chi connectivity index (χ3n) is 4.65. The molecule has 0 aliphatic carbocycles. The third kappa shape index (κ3) is 5.45. The Morgan fingerprint density at radius 1 is 1.00 bits per heavy atom. The molecule has 4 aromatic rings. The third-order valence-corrected chi connectivity index (χ3v) is 4.65. The van der Waals surface area contributed by atoms with E-state index in [0.29, 0.717) is 27.7 Å². The molecule has 0 radical (unpaired) electrons. The largest absolute Gasteiger partial charge is 0.573 e. The lowest BCUT2D eigenvalue weighted by Gasteiger charge is -2.11. The highest BCUT2D eigenvalue weighted by molar-refractivity contribution is 6.10. The summed E-state index contributed by atoms with van der Waals surface area (Å²) in [4.78, 5) is 16.9. The summed E-state index contributed by atoms with van der Waals surface area (Å²) in [6, 6.07) is 10.9. The molecule has 1 amide bonds. The first-order chi connectivity index (χ1) is 16.0. The first-order valence-corrected chi connectivity index (χ1v) is 9.63. The molecule has 2 heterocycles. The molecular weight excluding hydrogens is 466 g/mol. The van der Waals surface area contributed by atoms with Crippen molar-refractivity contribution in [1.29, 1.82) is 0 Å². The summed E-state index contributed by atoms with van der Waals surface area (Å²) in [6.45, 7) is -1.23. The number of rotatable bonds is 5.